The third-order valence-corrected chi connectivity index (χ3v) is 7.46. The van der Waals surface area contributed by atoms with Gasteiger partial charge in [0, 0.05) is 18.7 Å². The summed E-state index contributed by atoms with van der Waals surface area (Å²) in [5.74, 6) is 0.464. The minimum absolute atomic E-state index is 0.167. The van der Waals surface area contributed by atoms with Gasteiger partial charge in [0.1, 0.15) is 11.4 Å². The molecule has 8 nitrogen and oxygen atoms in total. The molecule has 0 radical (unpaired) electrons. The van der Waals surface area contributed by atoms with Crippen LogP contribution in [-0.4, -0.2) is 30.4 Å². The van der Waals surface area contributed by atoms with E-state index in [1.807, 2.05) is 19.1 Å². The lowest BCUT2D eigenvalue weighted by Gasteiger charge is -2.21. The summed E-state index contributed by atoms with van der Waals surface area (Å²) in [6, 6.07) is 15.3. The lowest BCUT2D eigenvalue weighted by Crippen LogP contribution is -2.27. The van der Waals surface area contributed by atoms with Crippen molar-refractivity contribution in [2.24, 2.45) is 0 Å². The Kier molecular flexibility index (Phi) is 5.67. The molecular formula is C24H24N4O4S. The van der Waals surface area contributed by atoms with Crippen LogP contribution in [0.1, 0.15) is 22.6 Å². The number of aromatic nitrogens is 3. The van der Waals surface area contributed by atoms with Crippen LogP contribution in [0.25, 0.3) is 16.9 Å². The van der Waals surface area contributed by atoms with Crippen LogP contribution in [0.2, 0.25) is 0 Å². The van der Waals surface area contributed by atoms with Crippen molar-refractivity contribution in [1.29, 1.82) is 0 Å². The molecule has 0 fully saturated rings. The Balaban J connectivity index is 1.81. The molecule has 2 heterocycles. The maximum atomic E-state index is 13.4. The highest BCUT2D eigenvalue weighted by molar-refractivity contribution is 7.92. The highest BCUT2D eigenvalue weighted by atomic mass is 32.2. The molecular weight excluding hydrogens is 440 g/mol. The second kappa shape index (κ2) is 8.32. The minimum Gasteiger partial charge on any atom is -0.359 e. The van der Waals surface area contributed by atoms with Crippen molar-refractivity contribution in [3.8, 4) is 16.9 Å². The third-order valence-electron chi connectivity index (χ3n) is 5.53. The first kappa shape index (κ1) is 22.5. The van der Waals surface area contributed by atoms with Gasteiger partial charge in [0.25, 0.3) is 15.6 Å². The van der Waals surface area contributed by atoms with Crippen molar-refractivity contribution >= 4 is 15.7 Å². The number of anilines is 1. The van der Waals surface area contributed by atoms with Crippen molar-refractivity contribution in [3.63, 3.8) is 0 Å². The van der Waals surface area contributed by atoms with Gasteiger partial charge in [-0.25, -0.2) is 8.42 Å². The Morgan fingerprint density at radius 1 is 0.939 bits per heavy atom. The van der Waals surface area contributed by atoms with Crippen molar-refractivity contribution in [3.05, 3.63) is 87.5 Å². The lowest BCUT2D eigenvalue weighted by atomic mass is 10.1. The highest BCUT2D eigenvalue weighted by Crippen LogP contribution is 2.28. The van der Waals surface area contributed by atoms with Crippen LogP contribution >= 0.6 is 0 Å². The molecule has 0 saturated carbocycles. The molecule has 0 aliphatic carbocycles. The summed E-state index contributed by atoms with van der Waals surface area (Å²) in [6.45, 7) is 7.12. The van der Waals surface area contributed by atoms with E-state index in [2.05, 4.69) is 10.3 Å². The summed E-state index contributed by atoms with van der Waals surface area (Å²) in [5, 5.41) is 8.36. The fourth-order valence-corrected chi connectivity index (χ4v) is 5.03. The minimum atomic E-state index is -3.83. The zero-order chi connectivity index (χ0) is 23.9. The van der Waals surface area contributed by atoms with E-state index >= 15 is 0 Å². The van der Waals surface area contributed by atoms with Crippen LogP contribution in [0, 0.1) is 27.7 Å². The topological polar surface area (TPSA) is 98.3 Å². The number of hydrogen-bond acceptors (Lipinski definition) is 6. The first-order valence-electron chi connectivity index (χ1n) is 10.3. The van der Waals surface area contributed by atoms with Crippen molar-refractivity contribution < 1.29 is 12.9 Å². The standard InChI is InChI=1S/C24H24N4O4S/c1-15-6-10-20(11-7-15)27(5)33(30,31)22-14-19(9-8-16(22)2)21-12-13-23(29)28(25-21)24-17(3)26-32-18(24)4/h6-14H,1-5H3. The van der Waals surface area contributed by atoms with Gasteiger partial charge in [-0.15, -0.1) is 0 Å². The summed E-state index contributed by atoms with van der Waals surface area (Å²) in [6.07, 6.45) is 0. The van der Waals surface area contributed by atoms with Gasteiger partial charge in [0.2, 0.25) is 0 Å². The summed E-state index contributed by atoms with van der Waals surface area (Å²) >= 11 is 0. The van der Waals surface area contributed by atoms with Crippen molar-refractivity contribution in [1.82, 2.24) is 14.9 Å². The van der Waals surface area contributed by atoms with E-state index in [1.165, 1.54) is 22.1 Å². The van der Waals surface area contributed by atoms with E-state index in [9.17, 15) is 13.2 Å². The predicted molar refractivity (Wildman–Crippen MR) is 126 cm³/mol. The van der Waals surface area contributed by atoms with E-state index in [0.717, 1.165) is 5.56 Å². The number of benzene rings is 2. The first-order valence-corrected chi connectivity index (χ1v) is 11.7. The SMILES string of the molecule is Cc1ccc(N(C)S(=O)(=O)c2cc(-c3ccc(=O)n(-c4c(C)noc4C)n3)ccc2C)cc1. The van der Waals surface area contributed by atoms with Gasteiger partial charge < -0.3 is 4.52 Å². The van der Waals surface area contributed by atoms with Crippen LogP contribution in [0.15, 0.2) is 68.8 Å². The lowest BCUT2D eigenvalue weighted by molar-refractivity contribution is 0.392. The summed E-state index contributed by atoms with van der Waals surface area (Å²) in [7, 11) is -2.30. The number of sulfonamides is 1. The van der Waals surface area contributed by atoms with Crippen LogP contribution < -0.4 is 9.86 Å². The van der Waals surface area contributed by atoms with Crippen molar-refractivity contribution in [2.75, 3.05) is 11.4 Å². The summed E-state index contributed by atoms with van der Waals surface area (Å²) in [5.41, 5.74) is 3.90. The molecule has 33 heavy (non-hydrogen) atoms. The molecule has 0 unspecified atom stereocenters. The molecule has 170 valence electrons. The molecule has 0 amide bonds. The van der Waals surface area contributed by atoms with Crippen LogP contribution in [0.4, 0.5) is 5.69 Å². The molecule has 0 saturated heterocycles. The van der Waals surface area contributed by atoms with Crippen LogP contribution in [0.3, 0.4) is 0 Å². The van der Waals surface area contributed by atoms with E-state index in [0.29, 0.717) is 39.6 Å². The predicted octanol–water partition coefficient (Wildman–Crippen LogP) is 3.95. The fraction of sp³-hybridized carbons (Fsp3) is 0.208. The van der Waals surface area contributed by atoms with Gasteiger partial charge in [-0.05, 0) is 57.5 Å². The quantitative estimate of drug-likeness (QED) is 0.444. The second-order valence-electron chi connectivity index (χ2n) is 7.93. The number of hydrogen-bond donors (Lipinski definition) is 0. The number of nitrogens with zero attached hydrogens (tertiary/aromatic N) is 4. The number of aryl methyl sites for hydroxylation is 4. The average molecular weight is 465 g/mol. The zero-order valence-electron chi connectivity index (χ0n) is 19.0. The zero-order valence-corrected chi connectivity index (χ0v) is 19.8. The maximum Gasteiger partial charge on any atom is 0.271 e. The maximum absolute atomic E-state index is 13.4. The van der Waals surface area contributed by atoms with E-state index in [4.69, 9.17) is 4.52 Å². The van der Waals surface area contributed by atoms with Gasteiger partial charge >= 0.3 is 0 Å². The van der Waals surface area contributed by atoms with Gasteiger partial charge in [-0.2, -0.15) is 9.78 Å². The van der Waals surface area contributed by atoms with Gasteiger partial charge in [-0.1, -0.05) is 35.0 Å². The number of rotatable bonds is 5. The molecule has 9 heteroatoms. The Morgan fingerprint density at radius 3 is 2.27 bits per heavy atom. The largest absolute Gasteiger partial charge is 0.359 e. The molecule has 2 aromatic heterocycles. The van der Waals surface area contributed by atoms with E-state index < -0.39 is 10.0 Å². The van der Waals surface area contributed by atoms with Gasteiger partial charge in [0.05, 0.1) is 16.3 Å². The molecule has 0 spiro atoms. The molecule has 4 rings (SSSR count). The average Bonchev–Trinajstić information content (AvgIpc) is 3.12. The fourth-order valence-electron chi connectivity index (χ4n) is 3.58. The Labute approximate surface area is 192 Å². The van der Waals surface area contributed by atoms with Crippen LogP contribution in [-0.2, 0) is 10.0 Å². The normalized spacial score (nSPS) is 11.5. The monoisotopic (exact) mass is 464 g/mol. The Bertz CT molecular complexity index is 1480. The molecule has 0 aliphatic heterocycles. The second-order valence-corrected chi connectivity index (χ2v) is 9.87. The smallest absolute Gasteiger partial charge is 0.271 e. The Morgan fingerprint density at radius 2 is 1.64 bits per heavy atom. The molecule has 0 aliphatic rings. The van der Waals surface area contributed by atoms with Crippen molar-refractivity contribution in [2.45, 2.75) is 32.6 Å². The summed E-state index contributed by atoms with van der Waals surface area (Å²) in [4.78, 5) is 12.7. The molecule has 2 aromatic carbocycles. The molecule has 0 bridgehead atoms. The summed E-state index contributed by atoms with van der Waals surface area (Å²) < 4.78 is 34.6. The third kappa shape index (κ3) is 4.07. The van der Waals surface area contributed by atoms with Crippen LogP contribution in [0.5, 0.6) is 0 Å². The van der Waals surface area contributed by atoms with Gasteiger partial charge in [0.15, 0.2) is 5.76 Å². The molecule has 4 aromatic rings. The van der Waals surface area contributed by atoms with E-state index in [1.54, 1.807) is 57.2 Å². The Hall–Kier alpha value is -3.72. The van der Waals surface area contributed by atoms with E-state index in [-0.39, 0.29) is 10.5 Å². The molecule has 0 atom stereocenters. The van der Waals surface area contributed by atoms with Gasteiger partial charge in [-0.3, -0.25) is 9.10 Å². The highest BCUT2D eigenvalue weighted by Gasteiger charge is 2.24. The molecule has 0 N–H and O–H groups in total. The first-order chi connectivity index (χ1) is 15.6.